The Hall–Kier alpha value is -0.660. The van der Waals surface area contributed by atoms with Gasteiger partial charge in [0.05, 0.1) is 27.7 Å². The quantitative estimate of drug-likeness (QED) is 0.630. The van der Waals surface area contributed by atoms with Crippen LogP contribution in [-0.4, -0.2) is 17.1 Å². The topological polar surface area (TPSA) is 48.2 Å². The summed E-state index contributed by atoms with van der Waals surface area (Å²) >= 11 is 8.13. The summed E-state index contributed by atoms with van der Waals surface area (Å²) < 4.78 is 10.9. The molecule has 0 atom stereocenters. The van der Waals surface area contributed by atoms with Gasteiger partial charge in [0.2, 0.25) is 0 Å². The Morgan fingerprint density at radius 1 is 1.50 bits per heavy atom. The van der Waals surface area contributed by atoms with E-state index in [9.17, 15) is 0 Å². The fraction of sp³-hybridized carbons (Fsp3) is 0.200. The van der Waals surface area contributed by atoms with Crippen molar-refractivity contribution in [3.05, 3.63) is 33.0 Å². The zero-order chi connectivity index (χ0) is 11.5. The van der Waals surface area contributed by atoms with Crippen molar-refractivity contribution in [2.24, 2.45) is 0 Å². The van der Waals surface area contributed by atoms with Crippen molar-refractivity contribution in [3.8, 4) is 11.4 Å². The molecule has 0 spiro atoms. The Morgan fingerprint density at radius 2 is 2.31 bits per heavy atom. The molecular formula is C10H8ClIN2O2. The maximum Gasteiger partial charge on any atom is 0.164 e. The minimum atomic E-state index is 0.408. The smallest absolute Gasteiger partial charge is 0.164 e. The van der Waals surface area contributed by atoms with Gasteiger partial charge in [-0.2, -0.15) is 0 Å². The van der Waals surface area contributed by atoms with Gasteiger partial charge in [0.25, 0.3) is 0 Å². The minimum Gasteiger partial charge on any atom is -0.472 e. The monoisotopic (exact) mass is 350 g/mol. The Labute approximate surface area is 111 Å². The maximum atomic E-state index is 6.03. The summed E-state index contributed by atoms with van der Waals surface area (Å²) in [5.74, 6) is 0.547. The van der Waals surface area contributed by atoms with Crippen LogP contribution in [0.3, 0.4) is 0 Å². The van der Waals surface area contributed by atoms with E-state index in [4.69, 9.17) is 20.8 Å². The lowest BCUT2D eigenvalue weighted by atomic mass is 10.3. The molecule has 0 bridgehead atoms. The molecule has 0 amide bonds. The van der Waals surface area contributed by atoms with Crippen LogP contribution in [0.15, 0.2) is 23.0 Å². The lowest BCUT2D eigenvalue weighted by molar-refractivity contribution is 0.181. The summed E-state index contributed by atoms with van der Waals surface area (Å²) in [4.78, 5) is 8.57. The molecule has 84 valence electrons. The van der Waals surface area contributed by atoms with E-state index in [2.05, 4.69) is 32.6 Å². The van der Waals surface area contributed by atoms with Gasteiger partial charge in [0.15, 0.2) is 5.82 Å². The summed E-state index contributed by atoms with van der Waals surface area (Å²) in [6.07, 6.45) is 3.15. The summed E-state index contributed by atoms with van der Waals surface area (Å²) in [6, 6.07) is 1.79. The van der Waals surface area contributed by atoms with Gasteiger partial charge in [-0.15, -0.1) is 0 Å². The fourth-order valence-corrected chi connectivity index (χ4v) is 1.80. The molecule has 16 heavy (non-hydrogen) atoms. The molecule has 2 heterocycles. The number of nitrogens with zero attached hydrogens (tertiary/aromatic N) is 2. The second-order valence-corrected chi connectivity index (χ2v) is 4.48. The molecule has 0 unspecified atom stereocenters. The predicted molar refractivity (Wildman–Crippen MR) is 68.2 cm³/mol. The average Bonchev–Trinajstić information content (AvgIpc) is 2.78. The van der Waals surface area contributed by atoms with E-state index in [0.717, 1.165) is 14.8 Å². The SMILES string of the molecule is COCc1nc(-c2ccoc2)nc(Cl)c1I. The molecule has 0 N–H and O–H groups in total. The van der Waals surface area contributed by atoms with Crippen molar-refractivity contribution >= 4 is 34.2 Å². The zero-order valence-corrected chi connectivity index (χ0v) is 11.3. The highest BCUT2D eigenvalue weighted by Crippen LogP contribution is 2.24. The van der Waals surface area contributed by atoms with E-state index in [0.29, 0.717) is 17.6 Å². The molecule has 0 aliphatic heterocycles. The second kappa shape index (κ2) is 5.11. The third kappa shape index (κ3) is 2.36. The molecule has 0 saturated heterocycles. The summed E-state index contributed by atoms with van der Waals surface area (Å²) in [5, 5.41) is 0.429. The van der Waals surface area contributed by atoms with Crippen molar-refractivity contribution in [1.82, 2.24) is 9.97 Å². The van der Waals surface area contributed by atoms with Gasteiger partial charge in [0.1, 0.15) is 11.4 Å². The molecule has 0 saturated carbocycles. The maximum absolute atomic E-state index is 6.03. The van der Waals surface area contributed by atoms with Crippen molar-refractivity contribution in [3.63, 3.8) is 0 Å². The normalized spacial score (nSPS) is 10.7. The van der Waals surface area contributed by atoms with E-state index >= 15 is 0 Å². The first-order valence-corrected chi connectivity index (χ1v) is 5.91. The number of hydrogen-bond acceptors (Lipinski definition) is 4. The standard InChI is InChI=1S/C10H8ClIN2O2/c1-15-5-7-8(12)9(11)14-10(13-7)6-2-3-16-4-6/h2-4H,5H2,1H3. The third-order valence-corrected chi connectivity index (χ3v) is 3.67. The Balaban J connectivity index is 2.48. The van der Waals surface area contributed by atoms with Crippen molar-refractivity contribution in [1.29, 1.82) is 0 Å². The van der Waals surface area contributed by atoms with Crippen LogP contribution in [0.5, 0.6) is 0 Å². The average molecular weight is 351 g/mol. The van der Waals surface area contributed by atoms with E-state index in [-0.39, 0.29) is 0 Å². The molecule has 0 radical (unpaired) electrons. The van der Waals surface area contributed by atoms with E-state index in [1.807, 2.05) is 0 Å². The lowest BCUT2D eigenvalue weighted by Gasteiger charge is -2.06. The first-order valence-electron chi connectivity index (χ1n) is 4.45. The molecule has 6 heteroatoms. The molecule has 0 aromatic carbocycles. The van der Waals surface area contributed by atoms with Gasteiger partial charge in [0, 0.05) is 7.11 Å². The second-order valence-electron chi connectivity index (χ2n) is 3.04. The molecule has 0 aliphatic carbocycles. The van der Waals surface area contributed by atoms with Crippen LogP contribution in [0.2, 0.25) is 5.15 Å². The van der Waals surface area contributed by atoms with Crippen LogP contribution < -0.4 is 0 Å². The van der Waals surface area contributed by atoms with Gasteiger partial charge in [-0.3, -0.25) is 0 Å². The highest BCUT2D eigenvalue weighted by atomic mass is 127. The zero-order valence-electron chi connectivity index (χ0n) is 8.41. The molecule has 4 nitrogen and oxygen atoms in total. The van der Waals surface area contributed by atoms with E-state index in [1.165, 1.54) is 0 Å². The highest BCUT2D eigenvalue weighted by Gasteiger charge is 2.12. The van der Waals surface area contributed by atoms with Crippen LogP contribution in [0.25, 0.3) is 11.4 Å². The van der Waals surface area contributed by atoms with Gasteiger partial charge < -0.3 is 9.15 Å². The van der Waals surface area contributed by atoms with Crippen LogP contribution in [0.4, 0.5) is 0 Å². The molecular weight excluding hydrogens is 342 g/mol. The van der Waals surface area contributed by atoms with E-state index < -0.39 is 0 Å². The number of rotatable bonds is 3. The molecule has 0 fully saturated rings. The number of methoxy groups -OCH3 is 1. The molecule has 2 rings (SSSR count). The van der Waals surface area contributed by atoms with E-state index in [1.54, 1.807) is 25.7 Å². The summed E-state index contributed by atoms with van der Waals surface area (Å²) in [7, 11) is 1.61. The van der Waals surface area contributed by atoms with Gasteiger partial charge in [-0.05, 0) is 28.7 Å². The predicted octanol–water partition coefficient (Wildman–Crippen LogP) is 3.14. The van der Waals surface area contributed by atoms with Crippen LogP contribution >= 0.6 is 34.2 Å². The number of halogens is 2. The van der Waals surface area contributed by atoms with Crippen LogP contribution in [0, 0.1) is 3.57 Å². The molecule has 2 aromatic rings. The van der Waals surface area contributed by atoms with Crippen LogP contribution in [0.1, 0.15) is 5.69 Å². The minimum absolute atomic E-state index is 0.408. The third-order valence-electron chi connectivity index (χ3n) is 1.94. The van der Waals surface area contributed by atoms with Gasteiger partial charge in [-0.25, -0.2) is 9.97 Å². The van der Waals surface area contributed by atoms with Gasteiger partial charge in [-0.1, -0.05) is 11.6 Å². The summed E-state index contributed by atoms with van der Waals surface area (Å²) in [5.41, 5.74) is 1.58. The first kappa shape index (κ1) is 11.8. The van der Waals surface area contributed by atoms with Crippen molar-refractivity contribution in [2.45, 2.75) is 6.61 Å². The number of furan rings is 1. The van der Waals surface area contributed by atoms with Crippen molar-refractivity contribution < 1.29 is 9.15 Å². The Kier molecular flexibility index (Phi) is 3.78. The first-order chi connectivity index (χ1) is 7.72. The number of aromatic nitrogens is 2. The number of ether oxygens (including phenoxy) is 1. The fourth-order valence-electron chi connectivity index (χ4n) is 1.22. The lowest BCUT2D eigenvalue weighted by Crippen LogP contribution is -2.01. The molecule has 2 aromatic heterocycles. The van der Waals surface area contributed by atoms with Crippen molar-refractivity contribution in [2.75, 3.05) is 7.11 Å². The Morgan fingerprint density at radius 3 is 2.94 bits per heavy atom. The van der Waals surface area contributed by atoms with Gasteiger partial charge >= 0.3 is 0 Å². The van der Waals surface area contributed by atoms with Crippen LogP contribution in [-0.2, 0) is 11.3 Å². The largest absolute Gasteiger partial charge is 0.472 e. The highest BCUT2D eigenvalue weighted by molar-refractivity contribution is 14.1. The number of hydrogen-bond donors (Lipinski definition) is 0. The Bertz CT molecular complexity index is 488. The molecule has 0 aliphatic rings. The summed E-state index contributed by atoms with van der Waals surface area (Å²) in [6.45, 7) is 0.408.